The lowest BCUT2D eigenvalue weighted by atomic mass is 9.91. The van der Waals surface area contributed by atoms with Crippen LogP contribution in [0.15, 0.2) is 42.5 Å². The molecule has 1 aliphatic heterocycles. The molecule has 0 spiro atoms. The first-order chi connectivity index (χ1) is 14.8. The summed E-state index contributed by atoms with van der Waals surface area (Å²) in [5, 5.41) is 58.5. The Bertz CT molecular complexity index is 926. The van der Waals surface area contributed by atoms with Crippen molar-refractivity contribution in [3.05, 3.63) is 53.6 Å². The van der Waals surface area contributed by atoms with E-state index in [-0.39, 0.29) is 17.1 Å². The Morgan fingerprint density at radius 2 is 1.71 bits per heavy atom. The van der Waals surface area contributed by atoms with Gasteiger partial charge in [-0.15, -0.1) is 0 Å². The van der Waals surface area contributed by atoms with Crippen LogP contribution in [0.3, 0.4) is 0 Å². The van der Waals surface area contributed by atoms with Crippen molar-refractivity contribution in [3.8, 4) is 17.2 Å². The van der Waals surface area contributed by atoms with Gasteiger partial charge in [0.1, 0.15) is 53.9 Å². The summed E-state index contributed by atoms with van der Waals surface area (Å²) in [6, 6.07) is 9.06. The van der Waals surface area contributed by atoms with Crippen molar-refractivity contribution in [1.29, 1.82) is 0 Å². The van der Waals surface area contributed by atoms with Crippen molar-refractivity contribution in [3.63, 3.8) is 0 Å². The maximum Gasteiger partial charge on any atom is 0.229 e. The zero-order chi connectivity index (χ0) is 22.7. The summed E-state index contributed by atoms with van der Waals surface area (Å²) in [6.07, 6.45) is -7.03. The van der Waals surface area contributed by atoms with E-state index in [1.54, 1.807) is 0 Å². The van der Waals surface area contributed by atoms with Gasteiger partial charge in [0.05, 0.1) is 12.2 Å². The molecule has 6 atom stereocenters. The van der Waals surface area contributed by atoms with E-state index < -0.39 is 54.8 Å². The van der Waals surface area contributed by atoms with E-state index in [9.17, 15) is 40.2 Å². The van der Waals surface area contributed by atoms with Gasteiger partial charge in [-0.2, -0.15) is 0 Å². The third-order valence-corrected chi connectivity index (χ3v) is 5.01. The van der Waals surface area contributed by atoms with Crippen LogP contribution in [0.25, 0.3) is 0 Å². The molecule has 166 valence electrons. The lowest BCUT2D eigenvalue weighted by Crippen LogP contribution is -2.60. The van der Waals surface area contributed by atoms with Crippen molar-refractivity contribution in [2.45, 2.75) is 36.6 Å². The second kappa shape index (κ2) is 9.41. The van der Waals surface area contributed by atoms with Gasteiger partial charge in [0.25, 0.3) is 0 Å². The molecule has 1 saturated heterocycles. The Kier molecular flexibility index (Phi) is 6.88. The molecule has 0 radical (unpaired) electrons. The first-order valence-electron chi connectivity index (χ1n) is 9.35. The Labute approximate surface area is 176 Å². The molecule has 6 unspecified atom stereocenters. The third-order valence-electron chi connectivity index (χ3n) is 5.01. The number of phenols is 2. The average Bonchev–Trinajstić information content (AvgIpc) is 2.76. The molecule has 0 aliphatic carbocycles. The van der Waals surface area contributed by atoms with E-state index in [1.165, 1.54) is 36.4 Å². The number of Topliss-reactive ketones (excluding diaryl/α,β-unsaturated/α-hetero) is 1. The molecular formula is C21H22O10. The standard InChI is InChI=1S/C21H22O10/c22-8-14(10-1-3-11(24)4-2-10)17(26)13-6-5-12(7-15(13)25)30-21-20(29)19(28)18(27)16(9-23)31-21/h1-8,14,16,18-21,23-25,27-29H,9H2. The van der Waals surface area contributed by atoms with Crippen molar-refractivity contribution < 1.29 is 49.7 Å². The van der Waals surface area contributed by atoms with Crippen LogP contribution in [0, 0.1) is 0 Å². The van der Waals surface area contributed by atoms with E-state index >= 15 is 0 Å². The number of rotatable bonds is 7. The minimum absolute atomic E-state index is 0.0293. The Morgan fingerprint density at radius 1 is 1.03 bits per heavy atom. The lowest BCUT2D eigenvalue weighted by molar-refractivity contribution is -0.277. The lowest BCUT2D eigenvalue weighted by Gasteiger charge is -2.39. The Balaban J connectivity index is 1.78. The highest BCUT2D eigenvalue weighted by Gasteiger charge is 2.44. The van der Waals surface area contributed by atoms with Gasteiger partial charge < -0.3 is 44.9 Å². The van der Waals surface area contributed by atoms with Gasteiger partial charge in [-0.3, -0.25) is 4.79 Å². The minimum atomic E-state index is -1.64. The fourth-order valence-corrected chi connectivity index (χ4v) is 3.23. The van der Waals surface area contributed by atoms with Gasteiger partial charge >= 0.3 is 0 Å². The van der Waals surface area contributed by atoms with E-state index in [2.05, 4.69) is 0 Å². The summed E-state index contributed by atoms with van der Waals surface area (Å²) in [7, 11) is 0. The van der Waals surface area contributed by atoms with Crippen LogP contribution >= 0.6 is 0 Å². The first-order valence-corrected chi connectivity index (χ1v) is 9.35. The van der Waals surface area contributed by atoms with Crippen LogP contribution < -0.4 is 4.74 Å². The van der Waals surface area contributed by atoms with E-state index in [1.807, 2.05) is 0 Å². The number of ether oxygens (including phenoxy) is 2. The fraction of sp³-hybridized carbons (Fsp3) is 0.333. The smallest absolute Gasteiger partial charge is 0.229 e. The summed E-state index contributed by atoms with van der Waals surface area (Å²) in [4.78, 5) is 24.2. The molecule has 1 heterocycles. The maximum atomic E-state index is 12.7. The summed E-state index contributed by atoms with van der Waals surface area (Å²) < 4.78 is 10.6. The molecule has 31 heavy (non-hydrogen) atoms. The highest BCUT2D eigenvalue weighted by molar-refractivity contribution is 6.10. The summed E-state index contributed by atoms with van der Waals surface area (Å²) in [6.45, 7) is -0.631. The van der Waals surface area contributed by atoms with Crippen LogP contribution in [0.5, 0.6) is 17.2 Å². The predicted molar refractivity (Wildman–Crippen MR) is 104 cm³/mol. The molecule has 6 N–H and O–H groups in total. The van der Waals surface area contributed by atoms with Gasteiger partial charge in [-0.25, -0.2) is 0 Å². The number of ketones is 1. The van der Waals surface area contributed by atoms with Gasteiger partial charge in [0.15, 0.2) is 5.78 Å². The highest BCUT2D eigenvalue weighted by atomic mass is 16.7. The molecule has 2 aromatic rings. The number of aldehydes is 1. The second-order valence-electron chi connectivity index (χ2n) is 7.06. The van der Waals surface area contributed by atoms with Crippen molar-refractivity contribution in [1.82, 2.24) is 0 Å². The monoisotopic (exact) mass is 434 g/mol. The topological polar surface area (TPSA) is 174 Å². The maximum absolute atomic E-state index is 12.7. The predicted octanol–water partition coefficient (Wildman–Crippen LogP) is -0.558. The van der Waals surface area contributed by atoms with Crippen LogP contribution in [0.4, 0.5) is 0 Å². The molecule has 10 nitrogen and oxygen atoms in total. The summed E-state index contributed by atoms with van der Waals surface area (Å²) >= 11 is 0. The molecule has 3 rings (SSSR count). The molecule has 1 aliphatic rings. The van der Waals surface area contributed by atoms with E-state index in [4.69, 9.17) is 9.47 Å². The number of hydrogen-bond donors (Lipinski definition) is 6. The van der Waals surface area contributed by atoms with Gasteiger partial charge in [0.2, 0.25) is 6.29 Å². The summed E-state index contributed by atoms with van der Waals surface area (Å²) in [5.41, 5.74) is 0.171. The summed E-state index contributed by atoms with van der Waals surface area (Å²) in [5.74, 6) is -2.46. The molecular weight excluding hydrogens is 412 g/mol. The Morgan fingerprint density at radius 3 is 2.29 bits per heavy atom. The first kappa shape index (κ1) is 22.7. The van der Waals surface area contributed by atoms with Crippen molar-refractivity contribution in [2.24, 2.45) is 0 Å². The second-order valence-corrected chi connectivity index (χ2v) is 7.06. The van der Waals surface area contributed by atoms with Crippen LogP contribution in [-0.4, -0.2) is 80.0 Å². The molecule has 0 saturated carbocycles. The Hall–Kier alpha value is -3.02. The van der Waals surface area contributed by atoms with Crippen LogP contribution in [0.2, 0.25) is 0 Å². The number of benzene rings is 2. The molecule has 0 amide bonds. The average molecular weight is 434 g/mol. The quantitative estimate of drug-likeness (QED) is 0.188. The zero-order valence-electron chi connectivity index (χ0n) is 16.1. The number of phenolic OH excluding ortho intramolecular Hbond substituents is 2. The van der Waals surface area contributed by atoms with E-state index in [0.29, 0.717) is 11.8 Å². The van der Waals surface area contributed by atoms with E-state index in [0.717, 1.165) is 6.07 Å². The van der Waals surface area contributed by atoms with Crippen molar-refractivity contribution >= 4 is 12.1 Å². The molecule has 10 heteroatoms. The minimum Gasteiger partial charge on any atom is -0.508 e. The van der Waals surface area contributed by atoms with Gasteiger partial charge in [0, 0.05) is 6.07 Å². The van der Waals surface area contributed by atoms with Gasteiger partial charge in [-0.05, 0) is 29.8 Å². The van der Waals surface area contributed by atoms with Crippen molar-refractivity contribution in [2.75, 3.05) is 6.61 Å². The SMILES string of the molecule is O=CC(C(=O)c1ccc(OC2OC(CO)C(O)C(O)C2O)cc1O)c1ccc(O)cc1. The number of aromatic hydroxyl groups is 2. The fourth-order valence-electron chi connectivity index (χ4n) is 3.23. The number of aliphatic hydroxyl groups excluding tert-OH is 4. The number of aliphatic hydroxyl groups is 4. The zero-order valence-corrected chi connectivity index (χ0v) is 16.1. The number of carbonyl (C=O) groups excluding carboxylic acids is 2. The highest BCUT2D eigenvalue weighted by Crippen LogP contribution is 2.31. The largest absolute Gasteiger partial charge is 0.508 e. The number of hydrogen-bond acceptors (Lipinski definition) is 10. The van der Waals surface area contributed by atoms with Gasteiger partial charge in [-0.1, -0.05) is 12.1 Å². The number of carbonyl (C=O) groups is 2. The van der Waals surface area contributed by atoms with Crippen LogP contribution in [0.1, 0.15) is 21.8 Å². The third kappa shape index (κ3) is 4.68. The van der Waals surface area contributed by atoms with Crippen LogP contribution in [-0.2, 0) is 9.53 Å². The molecule has 2 aromatic carbocycles. The molecule has 1 fully saturated rings. The molecule has 0 aromatic heterocycles. The normalized spacial score (nSPS) is 26.8. The molecule has 0 bridgehead atoms.